The molecule has 0 aliphatic rings. The van der Waals surface area contributed by atoms with Gasteiger partial charge in [-0.05, 0) is 43.9 Å². The molecule has 0 aliphatic heterocycles. The smallest absolute Gasteiger partial charge is 0.322 e. The summed E-state index contributed by atoms with van der Waals surface area (Å²) in [6, 6.07) is 8.85. The summed E-state index contributed by atoms with van der Waals surface area (Å²) in [7, 11) is 0. The predicted octanol–water partition coefficient (Wildman–Crippen LogP) is 3.59. The second-order valence-corrected chi connectivity index (χ2v) is 6.33. The Morgan fingerprint density at radius 3 is 2.52 bits per heavy atom. The molecule has 8 heteroatoms. The van der Waals surface area contributed by atoms with E-state index >= 15 is 0 Å². The molecule has 134 valence electrons. The number of aromatic nitrogens is 1. The maximum absolute atomic E-state index is 12.4. The minimum Gasteiger partial charge on any atom is -0.360 e. The number of anilines is 2. The lowest BCUT2D eigenvalue weighted by molar-refractivity contribution is -0.116. The van der Waals surface area contributed by atoms with Gasteiger partial charge in [0.15, 0.2) is 5.82 Å². The monoisotopic (exact) mass is 362 g/mol. The van der Waals surface area contributed by atoms with Crippen molar-refractivity contribution in [3.8, 4) is 0 Å². The van der Waals surface area contributed by atoms with Crippen molar-refractivity contribution in [1.82, 2.24) is 10.1 Å². The van der Waals surface area contributed by atoms with Crippen LogP contribution in [0.25, 0.3) is 0 Å². The molecule has 7 nitrogen and oxygen atoms in total. The summed E-state index contributed by atoms with van der Waals surface area (Å²) in [6.45, 7) is 4.10. The fourth-order valence-electron chi connectivity index (χ4n) is 2.18. The van der Waals surface area contributed by atoms with Crippen molar-refractivity contribution in [2.75, 3.05) is 30.0 Å². The lowest BCUT2D eigenvalue weighted by atomic mass is 10.3. The quantitative estimate of drug-likeness (QED) is 0.735. The van der Waals surface area contributed by atoms with Gasteiger partial charge in [-0.2, -0.15) is 0 Å². The van der Waals surface area contributed by atoms with Gasteiger partial charge in [0, 0.05) is 23.2 Å². The second-order valence-electron chi connectivity index (χ2n) is 5.45. The molecule has 2 rings (SSSR count). The van der Waals surface area contributed by atoms with Crippen molar-refractivity contribution < 1.29 is 14.1 Å². The fraction of sp³-hybridized carbons (Fsp3) is 0.353. The van der Waals surface area contributed by atoms with Gasteiger partial charge in [-0.3, -0.25) is 4.79 Å². The molecule has 3 amide bonds. The zero-order valence-electron chi connectivity index (χ0n) is 14.5. The third-order valence-corrected chi connectivity index (χ3v) is 4.10. The number of amides is 3. The molecule has 1 aromatic carbocycles. The van der Waals surface area contributed by atoms with Crippen LogP contribution in [-0.4, -0.2) is 41.3 Å². The van der Waals surface area contributed by atoms with Crippen LogP contribution in [0.2, 0.25) is 0 Å². The van der Waals surface area contributed by atoms with Gasteiger partial charge in [0.2, 0.25) is 5.91 Å². The van der Waals surface area contributed by atoms with E-state index in [0.29, 0.717) is 23.8 Å². The highest BCUT2D eigenvalue weighted by molar-refractivity contribution is 7.98. The van der Waals surface area contributed by atoms with Gasteiger partial charge in [0.25, 0.3) is 0 Å². The van der Waals surface area contributed by atoms with Crippen molar-refractivity contribution >= 4 is 35.2 Å². The number of carbonyl (C=O) groups excluding carboxylic acids is 2. The van der Waals surface area contributed by atoms with Gasteiger partial charge in [-0.25, -0.2) is 4.79 Å². The van der Waals surface area contributed by atoms with Crippen molar-refractivity contribution in [2.24, 2.45) is 0 Å². The highest BCUT2D eigenvalue weighted by atomic mass is 32.2. The topological polar surface area (TPSA) is 87.5 Å². The summed E-state index contributed by atoms with van der Waals surface area (Å²) in [5, 5.41) is 9.14. The van der Waals surface area contributed by atoms with Crippen molar-refractivity contribution in [1.29, 1.82) is 0 Å². The Morgan fingerprint density at radius 1 is 1.24 bits per heavy atom. The van der Waals surface area contributed by atoms with E-state index < -0.39 is 0 Å². The normalized spacial score (nSPS) is 10.4. The Kier molecular flexibility index (Phi) is 6.88. The molecule has 2 aromatic rings. The van der Waals surface area contributed by atoms with Crippen LogP contribution in [0.15, 0.2) is 39.8 Å². The molecule has 0 radical (unpaired) electrons. The van der Waals surface area contributed by atoms with E-state index in [1.807, 2.05) is 37.4 Å². The number of urea groups is 1. The van der Waals surface area contributed by atoms with E-state index in [-0.39, 0.29) is 18.5 Å². The first kappa shape index (κ1) is 18.9. The summed E-state index contributed by atoms with van der Waals surface area (Å²) >= 11 is 1.63. The average Bonchev–Trinajstić information content (AvgIpc) is 2.99. The number of aryl methyl sites for hydroxylation is 1. The first-order valence-electron chi connectivity index (χ1n) is 7.95. The van der Waals surface area contributed by atoms with Crippen LogP contribution in [-0.2, 0) is 4.79 Å². The average molecular weight is 362 g/mol. The maximum Gasteiger partial charge on any atom is 0.322 e. The Bertz CT molecular complexity index is 715. The predicted molar refractivity (Wildman–Crippen MR) is 99.0 cm³/mol. The van der Waals surface area contributed by atoms with Crippen LogP contribution in [0.5, 0.6) is 0 Å². The van der Waals surface area contributed by atoms with E-state index in [2.05, 4.69) is 15.8 Å². The number of rotatable bonds is 7. The molecule has 0 aliphatic carbocycles. The molecule has 0 unspecified atom stereocenters. The molecule has 2 N–H and O–H groups in total. The number of hydrogen-bond donors (Lipinski definition) is 2. The van der Waals surface area contributed by atoms with Crippen LogP contribution in [0.3, 0.4) is 0 Å². The molecule has 0 spiro atoms. The lowest BCUT2D eigenvalue weighted by Crippen LogP contribution is -2.41. The number of carbonyl (C=O) groups is 2. The Hall–Kier alpha value is -2.48. The maximum atomic E-state index is 12.4. The molecule has 0 saturated carbocycles. The molecule has 1 heterocycles. The molecule has 25 heavy (non-hydrogen) atoms. The number of benzene rings is 1. The standard InChI is InChI=1S/C17H22N4O3S/c1-4-9-21(11-16(22)19-15-10-12(2)24-20-15)17(23)18-13-5-7-14(25-3)8-6-13/h5-8,10H,4,9,11H2,1-3H3,(H,18,23)(H,19,20,22). The zero-order chi connectivity index (χ0) is 18.2. The van der Waals surface area contributed by atoms with Crippen LogP contribution in [0.1, 0.15) is 19.1 Å². The molecule has 0 atom stereocenters. The summed E-state index contributed by atoms with van der Waals surface area (Å²) < 4.78 is 4.90. The fourth-order valence-corrected chi connectivity index (χ4v) is 2.59. The first-order chi connectivity index (χ1) is 12.0. The van der Waals surface area contributed by atoms with Gasteiger partial charge < -0.3 is 20.1 Å². The van der Waals surface area contributed by atoms with Crippen molar-refractivity contribution in [2.45, 2.75) is 25.2 Å². The molecular weight excluding hydrogens is 340 g/mol. The third kappa shape index (κ3) is 5.82. The molecule has 0 fully saturated rings. The number of thioether (sulfide) groups is 1. The van der Waals surface area contributed by atoms with Gasteiger partial charge in [0.05, 0.1) is 0 Å². The van der Waals surface area contributed by atoms with Crippen LogP contribution < -0.4 is 10.6 Å². The van der Waals surface area contributed by atoms with E-state index in [9.17, 15) is 9.59 Å². The SMILES string of the molecule is CCCN(CC(=O)Nc1cc(C)on1)C(=O)Nc1ccc(SC)cc1. The molecule has 0 saturated heterocycles. The first-order valence-corrected chi connectivity index (χ1v) is 9.17. The van der Waals surface area contributed by atoms with Gasteiger partial charge >= 0.3 is 6.03 Å². The third-order valence-electron chi connectivity index (χ3n) is 3.35. The zero-order valence-corrected chi connectivity index (χ0v) is 15.4. The van der Waals surface area contributed by atoms with E-state index in [1.54, 1.807) is 24.8 Å². The van der Waals surface area contributed by atoms with Crippen molar-refractivity contribution in [3.63, 3.8) is 0 Å². The van der Waals surface area contributed by atoms with Crippen LogP contribution in [0, 0.1) is 6.92 Å². The number of hydrogen-bond acceptors (Lipinski definition) is 5. The minimum atomic E-state index is -0.324. The van der Waals surface area contributed by atoms with Gasteiger partial charge in [-0.15, -0.1) is 11.8 Å². The largest absolute Gasteiger partial charge is 0.360 e. The summed E-state index contributed by atoms with van der Waals surface area (Å²) in [5.41, 5.74) is 0.691. The summed E-state index contributed by atoms with van der Waals surface area (Å²) in [4.78, 5) is 27.2. The Morgan fingerprint density at radius 2 is 1.96 bits per heavy atom. The van der Waals surface area contributed by atoms with Crippen LogP contribution >= 0.6 is 11.8 Å². The van der Waals surface area contributed by atoms with E-state index in [1.165, 1.54) is 4.90 Å². The molecule has 1 aromatic heterocycles. The number of nitrogens with zero attached hydrogens (tertiary/aromatic N) is 2. The minimum absolute atomic E-state index is 0.0610. The highest BCUT2D eigenvalue weighted by Crippen LogP contribution is 2.17. The number of nitrogens with one attached hydrogen (secondary N) is 2. The van der Waals surface area contributed by atoms with Gasteiger partial charge in [0.1, 0.15) is 12.3 Å². The lowest BCUT2D eigenvalue weighted by Gasteiger charge is -2.21. The van der Waals surface area contributed by atoms with Gasteiger partial charge in [-0.1, -0.05) is 12.1 Å². The van der Waals surface area contributed by atoms with E-state index in [4.69, 9.17) is 4.52 Å². The summed E-state index contributed by atoms with van der Waals surface area (Å²) in [5.74, 6) is 0.619. The second kappa shape index (κ2) is 9.12. The van der Waals surface area contributed by atoms with E-state index in [0.717, 1.165) is 11.3 Å². The Balaban J connectivity index is 1.95. The molecular formula is C17H22N4O3S. The molecule has 0 bridgehead atoms. The summed E-state index contributed by atoms with van der Waals surface area (Å²) in [6.07, 6.45) is 2.74. The van der Waals surface area contributed by atoms with Crippen molar-refractivity contribution in [3.05, 3.63) is 36.1 Å². The van der Waals surface area contributed by atoms with Crippen LogP contribution in [0.4, 0.5) is 16.3 Å². The Labute approximate surface area is 151 Å². The highest BCUT2D eigenvalue weighted by Gasteiger charge is 2.17.